The van der Waals surface area contributed by atoms with Crippen molar-refractivity contribution in [3.63, 3.8) is 0 Å². The van der Waals surface area contributed by atoms with Crippen LogP contribution >= 0.6 is 11.3 Å². The van der Waals surface area contributed by atoms with E-state index >= 15 is 0 Å². The van der Waals surface area contributed by atoms with Gasteiger partial charge in [0.2, 0.25) is 0 Å². The molecule has 0 saturated carbocycles. The number of fused-ring (bicyclic) bond motifs is 7. The van der Waals surface area contributed by atoms with Crippen LogP contribution in [0.4, 0.5) is 0 Å². The molecule has 0 spiro atoms. The number of rotatable bonds is 5. The Labute approximate surface area is 350 Å². The van der Waals surface area contributed by atoms with Crippen LogP contribution in [0.1, 0.15) is 51.7 Å². The molecule has 0 aliphatic carbocycles. The van der Waals surface area contributed by atoms with Gasteiger partial charge >= 0.3 is 0 Å². The molecule has 282 valence electrons. The van der Waals surface area contributed by atoms with Crippen LogP contribution in [0.15, 0.2) is 138 Å². The predicted octanol–water partition coefficient (Wildman–Crippen LogP) is 14.5. The Hall–Kier alpha value is -5.61. The standard InChI is InChI=1S/C51H39N2O2S.Pt/c1-29(2)34-22-42(48(54)43(25-34)51(3,4)5)50-53-47-37(16-11-17-46(47)56-50)40-23-35(44-26-32(20-21-52-44)30-12-7-6-8-13-30)24-41-39-28-38-33(27-45(39)55-49(40)41)19-18-31-14-9-10-15-36(31)38;/h6-22,24-29,54H,1-5H3;/q-1;. The Balaban J connectivity index is 0.00000422. The summed E-state index contributed by atoms with van der Waals surface area (Å²) >= 11 is 1.60. The molecule has 0 radical (unpaired) electrons. The predicted molar refractivity (Wildman–Crippen MR) is 235 cm³/mol. The van der Waals surface area contributed by atoms with Crippen molar-refractivity contribution in [3.05, 3.63) is 151 Å². The molecular formula is C51H39N2O2PtS-. The molecule has 7 aromatic carbocycles. The summed E-state index contributed by atoms with van der Waals surface area (Å²) in [4.78, 5) is 10.2. The molecule has 6 heteroatoms. The van der Waals surface area contributed by atoms with Gasteiger partial charge in [-0.1, -0.05) is 142 Å². The number of aromatic hydroxyl groups is 1. The van der Waals surface area contributed by atoms with Crippen LogP contribution in [0.2, 0.25) is 0 Å². The summed E-state index contributed by atoms with van der Waals surface area (Å²) in [7, 11) is 0. The molecule has 10 rings (SSSR count). The van der Waals surface area contributed by atoms with Crippen LogP contribution in [0.3, 0.4) is 0 Å². The maximum absolute atomic E-state index is 11.8. The molecule has 0 unspecified atom stereocenters. The van der Waals surface area contributed by atoms with Crippen LogP contribution in [-0.2, 0) is 26.5 Å². The van der Waals surface area contributed by atoms with Gasteiger partial charge in [0.15, 0.2) is 0 Å². The topological polar surface area (TPSA) is 59.2 Å². The zero-order chi connectivity index (χ0) is 38.3. The van der Waals surface area contributed by atoms with Gasteiger partial charge in [0.25, 0.3) is 0 Å². The van der Waals surface area contributed by atoms with Crippen molar-refractivity contribution in [2.24, 2.45) is 0 Å². The number of furan rings is 1. The number of phenolic OH excluding ortho intramolecular Hbond substituents is 1. The number of nitrogens with zero attached hydrogens (tertiary/aromatic N) is 2. The van der Waals surface area contributed by atoms with E-state index in [1.807, 2.05) is 12.3 Å². The minimum atomic E-state index is -0.239. The molecular weight excluding hydrogens is 900 g/mol. The second-order valence-corrected chi connectivity index (χ2v) is 17.1. The van der Waals surface area contributed by atoms with Crippen LogP contribution in [0.25, 0.3) is 97.8 Å². The van der Waals surface area contributed by atoms with Gasteiger partial charge in [-0.15, -0.1) is 23.5 Å². The molecule has 0 aliphatic rings. The minimum Gasteiger partial charge on any atom is -0.507 e. The molecule has 57 heavy (non-hydrogen) atoms. The fourth-order valence-corrected chi connectivity index (χ4v) is 9.03. The maximum atomic E-state index is 11.8. The van der Waals surface area contributed by atoms with Gasteiger partial charge in [-0.2, -0.15) is 0 Å². The van der Waals surface area contributed by atoms with E-state index in [1.54, 1.807) is 11.3 Å². The van der Waals surface area contributed by atoms with E-state index < -0.39 is 0 Å². The molecule has 3 aromatic heterocycles. The van der Waals surface area contributed by atoms with Crippen molar-refractivity contribution in [1.29, 1.82) is 0 Å². The van der Waals surface area contributed by atoms with Crippen LogP contribution in [-0.4, -0.2) is 15.1 Å². The number of para-hydroxylation sites is 1. The van der Waals surface area contributed by atoms with Gasteiger partial charge in [0.05, 0.1) is 16.7 Å². The average Bonchev–Trinajstić information content (AvgIpc) is 3.81. The second-order valence-electron chi connectivity index (χ2n) is 16.1. The molecule has 0 aliphatic heterocycles. The smallest absolute Gasteiger partial charge is 0.129 e. The fraction of sp³-hybridized carbons (Fsp3) is 0.137. The number of benzene rings is 7. The van der Waals surface area contributed by atoms with Crippen molar-refractivity contribution < 1.29 is 30.6 Å². The van der Waals surface area contributed by atoms with Gasteiger partial charge in [-0.05, 0) is 85.3 Å². The molecule has 0 amide bonds. The van der Waals surface area contributed by atoms with Gasteiger partial charge in [0.1, 0.15) is 16.3 Å². The molecule has 0 atom stereocenters. The Morgan fingerprint density at radius 1 is 0.702 bits per heavy atom. The van der Waals surface area contributed by atoms with Crippen molar-refractivity contribution in [1.82, 2.24) is 9.97 Å². The van der Waals surface area contributed by atoms with Gasteiger partial charge in [-0.3, -0.25) is 4.98 Å². The molecule has 3 heterocycles. The quantitative estimate of drug-likeness (QED) is 0.138. The summed E-state index contributed by atoms with van der Waals surface area (Å²) in [6, 6.07) is 48.4. The first-order valence-corrected chi connectivity index (χ1v) is 20.0. The first-order valence-electron chi connectivity index (χ1n) is 19.1. The number of hydrogen-bond acceptors (Lipinski definition) is 5. The fourth-order valence-electron chi connectivity index (χ4n) is 8.02. The summed E-state index contributed by atoms with van der Waals surface area (Å²) in [5.41, 5.74) is 10.7. The normalized spacial score (nSPS) is 12.0. The molecule has 1 N–H and O–H groups in total. The first-order chi connectivity index (χ1) is 27.1. The number of phenols is 1. The second kappa shape index (κ2) is 14.1. The monoisotopic (exact) mass is 938 g/mol. The molecule has 0 saturated heterocycles. The van der Waals surface area contributed by atoms with Crippen LogP contribution in [0.5, 0.6) is 5.75 Å². The summed E-state index contributed by atoms with van der Waals surface area (Å²) < 4.78 is 7.90. The van der Waals surface area contributed by atoms with Crippen molar-refractivity contribution in [3.8, 4) is 49.8 Å². The third kappa shape index (κ3) is 6.34. The first kappa shape index (κ1) is 37.0. The third-order valence-electron chi connectivity index (χ3n) is 11.0. The SMILES string of the molecule is CC(C)c1cc(-c2nc3c(-c4[c-]c(-c5cc(-c6ccccc6)ccn5)cc5c4oc4cc6ccc7ccccc7c6cc45)cccc3s2)c(O)c(C(C)(C)C)c1.[Pt]. The number of thiazole rings is 1. The zero-order valence-electron chi connectivity index (χ0n) is 32.3. The van der Waals surface area contributed by atoms with Crippen LogP contribution < -0.4 is 0 Å². The third-order valence-corrected chi connectivity index (χ3v) is 12.1. The van der Waals surface area contributed by atoms with E-state index in [9.17, 15) is 5.11 Å². The minimum absolute atomic E-state index is 0. The van der Waals surface area contributed by atoms with E-state index in [0.29, 0.717) is 11.7 Å². The Morgan fingerprint density at radius 2 is 1.49 bits per heavy atom. The molecule has 4 nitrogen and oxygen atoms in total. The molecule has 0 bridgehead atoms. The van der Waals surface area contributed by atoms with Gasteiger partial charge in [-0.25, -0.2) is 4.98 Å². The number of hydrogen-bond donors (Lipinski definition) is 1. The zero-order valence-corrected chi connectivity index (χ0v) is 35.3. The maximum Gasteiger partial charge on any atom is 0.129 e. The Bertz CT molecular complexity index is 3170. The van der Waals surface area contributed by atoms with E-state index in [-0.39, 0.29) is 26.5 Å². The van der Waals surface area contributed by atoms with Gasteiger partial charge < -0.3 is 9.52 Å². The summed E-state index contributed by atoms with van der Waals surface area (Å²) in [6.07, 6.45) is 1.87. The summed E-state index contributed by atoms with van der Waals surface area (Å²) in [6.45, 7) is 10.8. The Kier molecular flexibility index (Phi) is 9.15. The summed E-state index contributed by atoms with van der Waals surface area (Å²) in [5.74, 6) is 0.586. The van der Waals surface area contributed by atoms with E-state index in [4.69, 9.17) is 14.4 Å². The van der Waals surface area contributed by atoms with E-state index in [1.165, 1.54) is 21.7 Å². The van der Waals surface area contributed by atoms with Crippen molar-refractivity contribution in [2.45, 2.75) is 46.0 Å². The van der Waals surface area contributed by atoms with Crippen LogP contribution in [0, 0.1) is 6.07 Å². The number of pyridine rings is 1. The van der Waals surface area contributed by atoms with E-state index in [2.05, 4.69) is 162 Å². The van der Waals surface area contributed by atoms with Crippen molar-refractivity contribution >= 4 is 65.0 Å². The average molecular weight is 939 g/mol. The largest absolute Gasteiger partial charge is 0.507 e. The molecule has 10 aromatic rings. The number of aromatic nitrogens is 2. The van der Waals surface area contributed by atoms with Crippen molar-refractivity contribution in [2.75, 3.05) is 0 Å². The van der Waals surface area contributed by atoms with E-state index in [0.717, 1.165) is 87.2 Å². The van der Waals surface area contributed by atoms with Gasteiger partial charge in [0, 0.05) is 48.6 Å². The molecule has 0 fully saturated rings. The Morgan fingerprint density at radius 3 is 2.30 bits per heavy atom. The summed E-state index contributed by atoms with van der Waals surface area (Å²) in [5, 5.41) is 19.3.